The monoisotopic (exact) mass is 281 g/mol. The minimum atomic E-state index is 0.548. The third-order valence-corrected chi connectivity index (χ3v) is 4.39. The van der Waals surface area contributed by atoms with Crippen LogP contribution in [0.3, 0.4) is 0 Å². The summed E-state index contributed by atoms with van der Waals surface area (Å²) in [5.41, 5.74) is 9.64. The molecule has 2 aromatic rings. The van der Waals surface area contributed by atoms with E-state index in [-0.39, 0.29) is 0 Å². The highest BCUT2D eigenvalue weighted by atomic mass is 15.1. The summed E-state index contributed by atoms with van der Waals surface area (Å²) in [6.45, 7) is 6.68. The number of nitrogens with zero attached hydrogens (tertiary/aromatic N) is 2. The van der Waals surface area contributed by atoms with Gasteiger partial charge in [-0.3, -0.25) is 0 Å². The Kier molecular flexibility index (Phi) is 3.82. The van der Waals surface area contributed by atoms with Crippen LogP contribution in [-0.2, 0) is 6.54 Å². The molecule has 1 heterocycles. The Bertz CT molecular complexity index is 631. The van der Waals surface area contributed by atoms with Gasteiger partial charge in [0.2, 0.25) is 0 Å². The summed E-state index contributed by atoms with van der Waals surface area (Å²) >= 11 is 0. The first-order chi connectivity index (χ1) is 10.2. The molecule has 0 saturated heterocycles. The third-order valence-electron chi connectivity index (χ3n) is 4.39. The second kappa shape index (κ2) is 5.76. The van der Waals surface area contributed by atoms with Gasteiger partial charge in [0.15, 0.2) is 0 Å². The fraction of sp³-hybridized carbons (Fsp3) is 0.389. The van der Waals surface area contributed by atoms with Crippen LogP contribution in [0, 0.1) is 6.92 Å². The van der Waals surface area contributed by atoms with E-state index < -0.39 is 0 Å². The van der Waals surface area contributed by atoms with E-state index in [0.717, 1.165) is 29.4 Å². The van der Waals surface area contributed by atoms with Crippen molar-refractivity contribution in [3.05, 3.63) is 48.3 Å². The average molecular weight is 281 g/mol. The number of aromatic nitrogens is 2. The first-order valence-corrected chi connectivity index (χ1v) is 7.74. The summed E-state index contributed by atoms with van der Waals surface area (Å²) in [5, 5.41) is 0. The summed E-state index contributed by atoms with van der Waals surface area (Å²) in [7, 11) is 0. The maximum absolute atomic E-state index is 6.38. The van der Waals surface area contributed by atoms with Gasteiger partial charge in [-0.15, -0.1) is 6.58 Å². The highest BCUT2D eigenvalue weighted by Crippen LogP contribution is 2.37. The molecule has 1 saturated carbocycles. The number of hydrogen-bond donors (Lipinski definition) is 1. The van der Waals surface area contributed by atoms with Crippen molar-refractivity contribution >= 4 is 5.82 Å². The van der Waals surface area contributed by atoms with Gasteiger partial charge < -0.3 is 10.3 Å². The largest absolute Gasteiger partial charge is 0.383 e. The highest BCUT2D eigenvalue weighted by Gasteiger charge is 2.25. The smallest absolute Gasteiger partial charge is 0.132 e. The molecule has 21 heavy (non-hydrogen) atoms. The van der Waals surface area contributed by atoms with Gasteiger partial charge in [-0.25, -0.2) is 4.98 Å². The molecule has 0 bridgehead atoms. The highest BCUT2D eigenvalue weighted by molar-refractivity contribution is 5.71. The van der Waals surface area contributed by atoms with Crippen LogP contribution < -0.4 is 5.73 Å². The fourth-order valence-corrected chi connectivity index (χ4v) is 3.22. The summed E-state index contributed by atoms with van der Waals surface area (Å²) in [5.74, 6) is 2.45. The van der Waals surface area contributed by atoms with Crippen molar-refractivity contribution in [2.75, 3.05) is 5.73 Å². The summed E-state index contributed by atoms with van der Waals surface area (Å²) in [6, 6.07) is 8.42. The number of aryl methyl sites for hydroxylation is 1. The number of anilines is 1. The summed E-state index contributed by atoms with van der Waals surface area (Å²) in [6.07, 6.45) is 6.94. The second-order valence-corrected chi connectivity index (χ2v) is 5.95. The Morgan fingerprint density at radius 3 is 2.57 bits per heavy atom. The van der Waals surface area contributed by atoms with E-state index in [1.54, 1.807) is 0 Å². The minimum absolute atomic E-state index is 0.548. The van der Waals surface area contributed by atoms with Crippen LogP contribution >= 0.6 is 0 Å². The first kappa shape index (κ1) is 13.9. The Morgan fingerprint density at radius 1 is 1.29 bits per heavy atom. The molecule has 0 unspecified atom stereocenters. The van der Waals surface area contributed by atoms with Gasteiger partial charge in [0.05, 0.1) is 0 Å². The average Bonchev–Trinajstić information content (AvgIpc) is 3.10. The Balaban J connectivity index is 2.06. The van der Waals surface area contributed by atoms with E-state index in [2.05, 4.69) is 42.3 Å². The number of nitrogens with two attached hydrogens (primary N) is 1. The molecular formula is C18H23N3. The van der Waals surface area contributed by atoms with E-state index in [9.17, 15) is 0 Å². The van der Waals surface area contributed by atoms with Gasteiger partial charge in [-0.1, -0.05) is 48.7 Å². The van der Waals surface area contributed by atoms with E-state index in [4.69, 9.17) is 10.7 Å². The van der Waals surface area contributed by atoms with E-state index in [1.807, 2.05) is 6.08 Å². The van der Waals surface area contributed by atoms with Crippen molar-refractivity contribution < 1.29 is 0 Å². The Labute approximate surface area is 126 Å². The zero-order chi connectivity index (χ0) is 14.8. The zero-order valence-electron chi connectivity index (χ0n) is 12.7. The number of imidazole rings is 1. The van der Waals surface area contributed by atoms with Gasteiger partial charge in [0.25, 0.3) is 0 Å². The fourth-order valence-electron chi connectivity index (χ4n) is 3.22. The number of hydrogen-bond acceptors (Lipinski definition) is 2. The SMILES string of the molecule is C=CCn1c(C2CCCC2)nc(-c2ccc(C)cc2)c1N. The molecule has 0 radical (unpaired) electrons. The maximum Gasteiger partial charge on any atom is 0.132 e. The number of rotatable bonds is 4. The quantitative estimate of drug-likeness (QED) is 0.850. The van der Waals surface area contributed by atoms with E-state index in [1.165, 1.54) is 31.2 Å². The van der Waals surface area contributed by atoms with Crippen molar-refractivity contribution in [2.45, 2.75) is 45.1 Å². The lowest BCUT2D eigenvalue weighted by Gasteiger charge is -2.11. The number of allylic oxidation sites excluding steroid dienone is 1. The normalized spacial score (nSPS) is 15.5. The molecule has 1 aliphatic carbocycles. The van der Waals surface area contributed by atoms with Crippen molar-refractivity contribution in [3.8, 4) is 11.3 Å². The molecule has 1 aromatic carbocycles. The van der Waals surface area contributed by atoms with Crippen LogP contribution in [0.4, 0.5) is 5.82 Å². The summed E-state index contributed by atoms with van der Waals surface area (Å²) in [4.78, 5) is 4.90. The lowest BCUT2D eigenvalue weighted by Crippen LogP contribution is -2.08. The Hall–Kier alpha value is -2.03. The zero-order valence-corrected chi connectivity index (χ0v) is 12.7. The van der Waals surface area contributed by atoms with Crippen LogP contribution in [-0.4, -0.2) is 9.55 Å². The molecule has 0 atom stereocenters. The van der Waals surface area contributed by atoms with Gasteiger partial charge in [0, 0.05) is 18.0 Å². The maximum atomic E-state index is 6.38. The van der Waals surface area contributed by atoms with Crippen LogP contribution in [0.25, 0.3) is 11.3 Å². The van der Waals surface area contributed by atoms with Crippen molar-refractivity contribution in [1.29, 1.82) is 0 Å². The molecule has 1 aromatic heterocycles. The van der Waals surface area contributed by atoms with Crippen LogP contribution in [0.2, 0.25) is 0 Å². The second-order valence-electron chi connectivity index (χ2n) is 5.95. The van der Waals surface area contributed by atoms with Crippen LogP contribution in [0.5, 0.6) is 0 Å². The molecule has 2 N–H and O–H groups in total. The van der Waals surface area contributed by atoms with E-state index >= 15 is 0 Å². The molecule has 3 nitrogen and oxygen atoms in total. The molecule has 3 rings (SSSR count). The standard InChI is InChI=1S/C18H23N3/c1-3-12-21-17(19)16(14-10-8-13(2)9-11-14)20-18(21)15-6-4-5-7-15/h3,8-11,15H,1,4-7,12,19H2,2H3. The minimum Gasteiger partial charge on any atom is -0.383 e. The van der Waals surface area contributed by atoms with Crippen LogP contribution in [0.1, 0.15) is 43.0 Å². The van der Waals surface area contributed by atoms with Crippen molar-refractivity contribution in [1.82, 2.24) is 9.55 Å². The number of nitrogen functional groups attached to an aromatic ring is 1. The van der Waals surface area contributed by atoms with Crippen molar-refractivity contribution in [3.63, 3.8) is 0 Å². The van der Waals surface area contributed by atoms with E-state index in [0.29, 0.717) is 5.92 Å². The molecule has 0 aliphatic heterocycles. The molecule has 1 fully saturated rings. The predicted octanol–water partition coefficient (Wildman–Crippen LogP) is 4.28. The molecule has 0 spiro atoms. The molecule has 0 amide bonds. The molecular weight excluding hydrogens is 258 g/mol. The lowest BCUT2D eigenvalue weighted by atomic mass is 10.1. The van der Waals surface area contributed by atoms with Gasteiger partial charge in [-0.2, -0.15) is 0 Å². The van der Waals surface area contributed by atoms with Crippen LogP contribution in [0.15, 0.2) is 36.9 Å². The molecule has 110 valence electrons. The Morgan fingerprint density at radius 2 is 1.95 bits per heavy atom. The third kappa shape index (κ3) is 2.60. The molecule has 3 heteroatoms. The molecule has 1 aliphatic rings. The topological polar surface area (TPSA) is 43.8 Å². The van der Waals surface area contributed by atoms with Crippen molar-refractivity contribution in [2.24, 2.45) is 0 Å². The number of benzene rings is 1. The first-order valence-electron chi connectivity index (χ1n) is 7.74. The lowest BCUT2D eigenvalue weighted by molar-refractivity contribution is 0.618. The van der Waals surface area contributed by atoms with Gasteiger partial charge >= 0.3 is 0 Å². The predicted molar refractivity (Wildman–Crippen MR) is 88.2 cm³/mol. The van der Waals surface area contributed by atoms with Gasteiger partial charge in [-0.05, 0) is 19.8 Å². The summed E-state index contributed by atoms with van der Waals surface area (Å²) < 4.78 is 2.14. The van der Waals surface area contributed by atoms with Gasteiger partial charge in [0.1, 0.15) is 17.3 Å².